The van der Waals surface area contributed by atoms with Crippen molar-refractivity contribution >= 4 is 17.9 Å². The zero-order valence-corrected chi connectivity index (χ0v) is 9.04. The normalized spacial score (nSPS) is 11.4. The third kappa shape index (κ3) is 3.90. The zero-order valence-electron chi connectivity index (χ0n) is 9.04. The Bertz CT molecular complexity index is 432. The van der Waals surface area contributed by atoms with E-state index in [1.54, 1.807) is 0 Å². The molecule has 0 aliphatic heterocycles. The first-order valence-corrected chi connectivity index (χ1v) is 4.72. The van der Waals surface area contributed by atoms with Gasteiger partial charge in [-0.05, 0) is 19.1 Å². The van der Waals surface area contributed by atoms with E-state index in [1.165, 1.54) is 31.5 Å². The number of primary amides is 1. The number of nitrogens with two attached hydrogens (primary N) is 1. The monoisotopic (exact) mass is 237 g/mol. The van der Waals surface area contributed by atoms with Crippen molar-refractivity contribution in [2.45, 2.75) is 13.0 Å². The molecule has 3 N–H and O–H groups in total. The molecule has 7 nitrogen and oxygen atoms in total. The fourth-order valence-electron chi connectivity index (χ4n) is 0.993. The molecule has 1 aromatic heterocycles. The fourth-order valence-corrected chi connectivity index (χ4v) is 0.993. The Morgan fingerprint density at radius 2 is 1.94 bits per heavy atom. The van der Waals surface area contributed by atoms with Crippen LogP contribution in [0.3, 0.4) is 0 Å². The highest BCUT2D eigenvalue weighted by Crippen LogP contribution is 2.02. The molecule has 17 heavy (non-hydrogen) atoms. The third-order valence-corrected chi connectivity index (χ3v) is 1.82. The summed E-state index contributed by atoms with van der Waals surface area (Å²) < 4.78 is 4.81. The van der Waals surface area contributed by atoms with Gasteiger partial charge in [0, 0.05) is 12.4 Å². The van der Waals surface area contributed by atoms with Gasteiger partial charge in [-0.1, -0.05) is 0 Å². The van der Waals surface area contributed by atoms with Gasteiger partial charge in [-0.3, -0.25) is 15.1 Å². The summed E-state index contributed by atoms with van der Waals surface area (Å²) in [4.78, 5) is 36.9. The predicted molar refractivity (Wildman–Crippen MR) is 56.8 cm³/mol. The number of hydrogen-bond acceptors (Lipinski definition) is 5. The van der Waals surface area contributed by atoms with Crippen LogP contribution < -0.4 is 11.1 Å². The molecule has 1 aromatic rings. The van der Waals surface area contributed by atoms with Crippen LogP contribution in [-0.2, 0) is 9.53 Å². The van der Waals surface area contributed by atoms with Crippen LogP contribution >= 0.6 is 0 Å². The van der Waals surface area contributed by atoms with Gasteiger partial charge in [-0.15, -0.1) is 0 Å². The number of urea groups is 1. The van der Waals surface area contributed by atoms with Crippen LogP contribution in [-0.4, -0.2) is 29.0 Å². The van der Waals surface area contributed by atoms with E-state index < -0.39 is 24.0 Å². The Balaban J connectivity index is 2.57. The van der Waals surface area contributed by atoms with Gasteiger partial charge >= 0.3 is 12.0 Å². The molecule has 0 unspecified atom stereocenters. The van der Waals surface area contributed by atoms with Crippen LogP contribution in [0.5, 0.6) is 0 Å². The first-order chi connectivity index (χ1) is 8.00. The van der Waals surface area contributed by atoms with Crippen LogP contribution in [0.1, 0.15) is 17.3 Å². The third-order valence-electron chi connectivity index (χ3n) is 1.82. The quantitative estimate of drug-likeness (QED) is 0.708. The number of ether oxygens (including phenoxy) is 1. The zero-order chi connectivity index (χ0) is 12.8. The summed E-state index contributed by atoms with van der Waals surface area (Å²) in [7, 11) is 0. The number of carbonyl (C=O) groups is 3. The summed E-state index contributed by atoms with van der Waals surface area (Å²) in [6, 6.07) is 1.89. The number of imide groups is 1. The van der Waals surface area contributed by atoms with E-state index in [9.17, 15) is 14.4 Å². The molecule has 0 spiro atoms. The molecule has 0 saturated carbocycles. The SMILES string of the molecule is C[C@@H](OC(=O)c1ccncc1)C(=O)NC(N)=O. The number of aromatic nitrogens is 1. The molecular formula is C10H11N3O4. The summed E-state index contributed by atoms with van der Waals surface area (Å²) in [5.41, 5.74) is 5.02. The molecular weight excluding hydrogens is 226 g/mol. The van der Waals surface area contributed by atoms with E-state index in [0.29, 0.717) is 0 Å². The molecule has 0 fully saturated rings. The van der Waals surface area contributed by atoms with Crippen LogP contribution in [0.25, 0.3) is 0 Å². The summed E-state index contributed by atoms with van der Waals surface area (Å²) in [6.07, 6.45) is 1.73. The molecule has 0 radical (unpaired) electrons. The van der Waals surface area contributed by atoms with Gasteiger partial charge < -0.3 is 10.5 Å². The Morgan fingerprint density at radius 3 is 2.47 bits per heavy atom. The second-order valence-corrected chi connectivity index (χ2v) is 3.14. The van der Waals surface area contributed by atoms with Crippen molar-refractivity contribution in [1.82, 2.24) is 10.3 Å². The minimum Gasteiger partial charge on any atom is -0.449 e. The molecule has 0 bridgehead atoms. The smallest absolute Gasteiger partial charge is 0.339 e. The van der Waals surface area contributed by atoms with Gasteiger partial charge in [-0.2, -0.15) is 0 Å². The standard InChI is InChI=1S/C10H11N3O4/c1-6(8(14)13-10(11)16)17-9(15)7-2-4-12-5-3-7/h2-6H,1H3,(H3,11,13,14,16)/t6-/m1/s1. The first kappa shape index (κ1) is 12.6. The maximum Gasteiger partial charge on any atom is 0.339 e. The van der Waals surface area contributed by atoms with Gasteiger partial charge in [0.05, 0.1) is 5.56 Å². The number of pyridine rings is 1. The minimum atomic E-state index is -1.11. The Kier molecular flexibility index (Phi) is 4.15. The van der Waals surface area contributed by atoms with E-state index in [2.05, 4.69) is 4.98 Å². The maximum atomic E-state index is 11.5. The average Bonchev–Trinajstić information content (AvgIpc) is 2.29. The van der Waals surface area contributed by atoms with Crippen LogP contribution in [0.2, 0.25) is 0 Å². The van der Waals surface area contributed by atoms with E-state index in [0.717, 1.165) is 0 Å². The summed E-state index contributed by atoms with van der Waals surface area (Å²) in [5.74, 6) is -1.46. The van der Waals surface area contributed by atoms with E-state index >= 15 is 0 Å². The molecule has 7 heteroatoms. The predicted octanol–water partition coefficient (Wildman–Crippen LogP) is -0.178. The second kappa shape index (κ2) is 5.59. The number of carbonyl (C=O) groups excluding carboxylic acids is 3. The van der Waals surface area contributed by atoms with E-state index in [-0.39, 0.29) is 5.56 Å². The van der Waals surface area contributed by atoms with Gasteiger partial charge in [0.25, 0.3) is 5.91 Å². The Morgan fingerprint density at radius 1 is 1.35 bits per heavy atom. The van der Waals surface area contributed by atoms with Crippen molar-refractivity contribution in [2.75, 3.05) is 0 Å². The molecule has 0 saturated heterocycles. The molecule has 1 rings (SSSR count). The molecule has 1 atom stereocenters. The highest BCUT2D eigenvalue weighted by Gasteiger charge is 2.19. The fraction of sp³-hybridized carbons (Fsp3) is 0.200. The van der Waals surface area contributed by atoms with Gasteiger partial charge in [0.15, 0.2) is 6.10 Å². The lowest BCUT2D eigenvalue weighted by Crippen LogP contribution is -2.42. The second-order valence-electron chi connectivity index (χ2n) is 3.14. The Labute approximate surface area is 97.0 Å². The van der Waals surface area contributed by atoms with E-state index in [4.69, 9.17) is 10.5 Å². The molecule has 90 valence electrons. The van der Waals surface area contributed by atoms with E-state index in [1.807, 2.05) is 5.32 Å². The topological polar surface area (TPSA) is 111 Å². The lowest BCUT2D eigenvalue weighted by atomic mass is 10.3. The largest absolute Gasteiger partial charge is 0.449 e. The molecule has 1 heterocycles. The first-order valence-electron chi connectivity index (χ1n) is 4.72. The van der Waals surface area contributed by atoms with Crippen molar-refractivity contribution in [3.8, 4) is 0 Å². The molecule has 0 aromatic carbocycles. The summed E-state index contributed by atoms with van der Waals surface area (Å²) in [5, 5.41) is 1.81. The van der Waals surface area contributed by atoms with Crippen LogP contribution in [0.4, 0.5) is 4.79 Å². The number of amides is 3. The number of hydrogen-bond donors (Lipinski definition) is 2. The number of nitrogens with one attached hydrogen (secondary N) is 1. The lowest BCUT2D eigenvalue weighted by Gasteiger charge is -2.11. The van der Waals surface area contributed by atoms with Crippen molar-refractivity contribution in [1.29, 1.82) is 0 Å². The van der Waals surface area contributed by atoms with Crippen LogP contribution in [0, 0.1) is 0 Å². The van der Waals surface area contributed by atoms with Gasteiger partial charge in [0.2, 0.25) is 0 Å². The maximum absolute atomic E-state index is 11.5. The van der Waals surface area contributed by atoms with Crippen molar-refractivity contribution in [2.24, 2.45) is 5.73 Å². The van der Waals surface area contributed by atoms with Crippen LogP contribution in [0.15, 0.2) is 24.5 Å². The minimum absolute atomic E-state index is 0.263. The summed E-state index contributed by atoms with van der Waals surface area (Å²) >= 11 is 0. The molecule has 0 aliphatic rings. The highest BCUT2D eigenvalue weighted by atomic mass is 16.5. The van der Waals surface area contributed by atoms with Gasteiger partial charge in [0.1, 0.15) is 0 Å². The van der Waals surface area contributed by atoms with Crippen molar-refractivity contribution < 1.29 is 19.1 Å². The number of nitrogens with zero attached hydrogens (tertiary/aromatic N) is 1. The van der Waals surface area contributed by atoms with Crippen molar-refractivity contribution in [3.05, 3.63) is 30.1 Å². The summed E-state index contributed by atoms with van der Waals surface area (Å²) in [6.45, 7) is 1.33. The number of rotatable bonds is 3. The number of esters is 1. The van der Waals surface area contributed by atoms with Crippen molar-refractivity contribution in [3.63, 3.8) is 0 Å². The molecule has 0 aliphatic carbocycles. The van der Waals surface area contributed by atoms with Gasteiger partial charge in [-0.25, -0.2) is 9.59 Å². The highest BCUT2D eigenvalue weighted by molar-refractivity contribution is 5.97. The Hall–Kier alpha value is -2.44. The lowest BCUT2D eigenvalue weighted by molar-refractivity contribution is -0.127. The average molecular weight is 237 g/mol. The molecule has 3 amide bonds.